The zero-order valence-electron chi connectivity index (χ0n) is 35.8. The van der Waals surface area contributed by atoms with Crippen LogP contribution in [0.3, 0.4) is 0 Å². The van der Waals surface area contributed by atoms with Crippen LogP contribution in [0.2, 0.25) is 0 Å². The Bertz CT molecular complexity index is 2520. The van der Waals surface area contributed by atoms with E-state index in [4.69, 9.17) is 24.2 Å². The second-order valence-corrected chi connectivity index (χ2v) is 17.5. The summed E-state index contributed by atoms with van der Waals surface area (Å²) in [7, 11) is 2.50. The molecule has 16 heteroatoms. The number of amides is 4. The van der Waals surface area contributed by atoms with Gasteiger partial charge >= 0.3 is 12.2 Å². The molecule has 0 saturated carbocycles. The minimum absolute atomic E-state index is 0.0244. The number of hydrogen-bond acceptors (Lipinski definition) is 10. The summed E-state index contributed by atoms with van der Waals surface area (Å²) in [6.45, 7) is 11.1. The van der Waals surface area contributed by atoms with Gasteiger partial charge in [-0.1, -0.05) is 32.0 Å². The van der Waals surface area contributed by atoms with Crippen molar-refractivity contribution < 1.29 is 38.5 Å². The van der Waals surface area contributed by atoms with Crippen LogP contribution in [0, 0.1) is 5.92 Å². The summed E-state index contributed by atoms with van der Waals surface area (Å²) in [6.07, 6.45) is 3.31. The summed E-state index contributed by atoms with van der Waals surface area (Å²) < 4.78 is 16.0. The Balaban J connectivity index is 1.05. The molecule has 3 aliphatic heterocycles. The Morgan fingerprint density at radius 3 is 2.20 bits per heavy atom. The molecule has 2 fully saturated rings. The van der Waals surface area contributed by atoms with E-state index < -0.39 is 41.8 Å². The number of nitrogens with zero attached hydrogens (tertiary/aromatic N) is 4. The van der Waals surface area contributed by atoms with Crippen molar-refractivity contribution in [1.29, 1.82) is 0 Å². The number of alkyl carbamates (subject to hydrolysis) is 2. The van der Waals surface area contributed by atoms with Crippen molar-refractivity contribution in [2.75, 3.05) is 14.2 Å². The Morgan fingerprint density at radius 1 is 0.852 bits per heavy atom. The van der Waals surface area contributed by atoms with Gasteiger partial charge in [0.25, 0.3) is 0 Å². The summed E-state index contributed by atoms with van der Waals surface area (Å²) in [4.78, 5) is 72.5. The highest BCUT2D eigenvalue weighted by atomic mass is 16.5. The van der Waals surface area contributed by atoms with E-state index in [0.29, 0.717) is 24.7 Å². The summed E-state index contributed by atoms with van der Waals surface area (Å²) >= 11 is 0. The van der Waals surface area contributed by atoms with Crippen molar-refractivity contribution in [1.82, 2.24) is 40.4 Å². The summed E-state index contributed by atoms with van der Waals surface area (Å²) in [5, 5.41) is 18.0. The van der Waals surface area contributed by atoms with Crippen LogP contribution in [0.1, 0.15) is 96.5 Å². The maximum atomic E-state index is 14.0. The normalized spacial score (nSPS) is 20.9. The first kappa shape index (κ1) is 41.6. The molecule has 322 valence electrons. The molecular weight excluding hydrogens is 781 g/mol. The third-order valence-corrected chi connectivity index (χ3v) is 12.5. The maximum Gasteiger partial charge on any atom is 0.407 e. The summed E-state index contributed by atoms with van der Waals surface area (Å²) in [5.74, 6) is 1.36. The lowest BCUT2D eigenvalue weighted by atomic mass is 9.92. The van der Waals surface area contributed by atoms with Gasteiger partial charge in [0.15, 0.2) is 0 Å². The monoisotopic (exact) mass is 834 g/mol. The van der Waals surface area contributed by atoms with Crippen LogP contribution in [-0.4, -0.2) is 103 Å². The quantitative estimate of drug-likeness (QED) is 0.107. The minimum Gasteiger partial charge on any atom is -0.488 e. The van der Waals surface area contributed by atoms with Crippen molar-refractivity contribution in [2.24, 2.45) is 5.92 Å². The van der Waals surface area contributed by atoms with Gasteiger partial charge in [0.1, 0.15) is 36.1 Å². The van der Waals surface area contributed by atoms with Gasteiger partial charge in [-0.25, -0.2) is 19.6 Å². The smallest absolute Gasteiger partial charge is 0.407 e. The average molecular weight is 835 g/mol. The fourth-order valence-corrected chi connectivity index (χ4v) is 9.26. The first-order chi connectivity index (χ1) is 29.1. The number of rotatable bonds is 9. The third kappa shape index (κ3) is 7.62. The molecule has 3 aliphatic rings. The van der Waals surface area contributed by atoms with Crippen LogP contribution in [0.25, 0.3) is 44.2 Å². The molecule has 5 heterocycles. The SMILES string of the molecule is COC(=O)N[C@H](C(=O)N1C(c2ncc(-c3ccc4c(c3)COc3cc5c(ccc6[nH]c(C7CC[C@H](C)N7C(=O)[C@@H](NC(=O)OC)C(C)(C)O)nc65)cc3-4)[nH]2)CC[C@@H]1C)C(C)C. The molecule has 0 aliphatic carbocycles. The number of aromatic amines is 2. The number of hydrogen-bond donors (Lipinski definition) is 5. The van der Waals surface area contributed by atoms with E-state index in [1.165, 1.54) is 28.1 Å². The zero-order chi connectivity index (χ0) is 43.5. The molecule has 2 saturated heterocycles. The molecule has 0 spiro atoms. The molecule has 5 aromatic rings. The van der Waals surface area contributed by atoms with Crippen LogP contribution in [0.5, 0.6) is 5.75 Å². The van der Waals surface area contributed by atoms with Gasteiger partial charge in [-0.05, 0) is 106 Å². The number of likely N-dealkylation sites (tertiary alicyclic amines) is 2. The lowest BCUT2D eigenvalue weighted by molar-refractivity contribution is -0.142. The van der Waals surface area contributed by atoms with Gasteiger partial charge in [-0.3, -0.25) is 9.59 Å². The van der Waals surface area contributed by atoms with Gasteiger partial charge < -0.3 is 49.7 Å². The lowest BCUT2D eigenvalue weighted by Crippen LogP contribution is -2.59. The Morgan fingerprint density at radius 2 is 1.52 bits per heavy atom. The van der Waals surface area contributed by atoms with Gasteiger partial charge in [0, 0.05) is 23.0 Å². The highest BCUT2D eigenvalue weighted by Gasteiger charge is 2.45. The van der Waals surface area contributed by atoms with Crippen LogP contribution >= 0.6 is 0 Å². The number of methoxy groups -OCH3 is 2. The van der Waals surface area contributed by atoms with Crippen LogP contribution in [-0.2, 0) is 25.7 Å². The number of carbonyl (C=O) groups is 4. The molecule has 0 radical (unpaired) electrons. The molecule has 6 atom stereocenters. The second kappa shape index (κ2) is 16.0. The van der Waals surface area contributed by atoms with Gasteiger partial charge in [0.05, 0.1) is 54.8 Å². The topological polar surface area (TPSA) is 204 Å². The van der Waals surface area contributed by atoms with E-state index in [-0.39, 0.29) is 30.0 Å². The summed E-state index contributed by atoms with van der Waals surface area (Å²) in [6, 6.07) is 11.7. The van der Waals surface area contributed by atoms with Gasteiger partial charge in [-0.15, -0.1) is 0 Å². The number of imidazole rings is 2. The van der Waals surface area contributed by atoms with E-state index in [0.717, 1.165) is 74.8 Å². The third-order valence-electron chi connectivity index (χ3n) is 12.5. The fraction of sp³-hybridized carbons (Fsp3) is 0.467. The molecule has 2 unspecified atom stereocenters. The first-order valence-electron chi connectivity index (χ1n) is 20.9. The second-order valence-electron chi connectivity index (χ2n) is 17.5. The van der Waals surface area contributed by atoms with Crippen LogP contribution < -0.4 is 15.4 Å². The highest BCUT2D eigenvalue weighted by molar-refractivity contribution is 6.07. The highest BCUT2D eigenvalue weighted by Crippen LogP contribution is 2.44. The van der Waals surface area contributed by atoms with E-state index in [2.05, 4.69) is 44.9 Å². The molecule has 2 aromatic heterocycles. The number of fused-ring (bicyclic) bond motifs is 6. The molecule has 16 nitrogen and oxygen atoms in total. The molecule has 0 bridgehead atoms. The Hall–Kier alpha value is -6.16. The van der Waals surface area contributed by atoms with Gasteiger partial charge in [0.2, 0.25) is 11.8 Å². The number of H-pyrrole nitrogens is 2. The largest absolute Gasteiger partial charge is 0.488 e. The number of aromatic nitrogens is 4. The predicted molar refractivity (Wildman–Crippen MR) is 227 cm³/mol. The van der Waals surface area contributed by atoms with Crippen molar-refractivity contribution in [2.45, 2.75) is 116 Å². The zero-order valence-corrected chi connectivity index (χ0v) is 35.8. The Labute approximate surface area is 353 Å². The van der Waals surface area contributed by atoms with Crippen molar-refractivity contribution in [3.63, 3.8) is 0 Å². The van der Waals surface area contributed by atoms with E-state index >= 15 is 0 Å². The maximum absolute atomic E-state index is 14.0. The number of aliphatic hydroxyl groups is 1. The molecule has 4 amide bonds. The fourth-order valence-electron chi connectivity index (χ4n) is 9.26. The Kier molecular flexibility index (Phi) is 10.9. The standard InChI is InChI=1S/C45H54N8O8/c1-22(2)36(50-43(56)59-7)41(54)52-23(3)9-15-33(52)39-46-20-32(48-39)26-11-13-28-27(17-26)21-61-35-19-29-25(18-30(28)35)12-14-31-37(29)49-40(47-31)34-16-10-24(4)53(34)42(55)38(45(5,6)58)51-44(57)60-8/h11-14,17-20,22-24,33-34,36,38,58H,9-10,15-16,21H2,1-8H3,(H,46,48)(H,47,49)(H,50,56)(H,51,57)/t23-,24-,33?,34?,36-,38+/m0/s1. The first-order valence-corrected chi connectivity index (χ1v) is 20.9. The lowest BCUT2D eigenvalue weighted by Gasteiger charge is -2.36. The van der Waals surface area contributed by atoms with Gasteiger partial charge in [-0.2, -0.15) is 0 Å². The number of benzene rings is 3. The average Bonchev–Trinajstić information content (AvgIpc) is 4.05. The van der Waals surface area contributed by atoms with E-state index in [9.17, 15) is 24.3 Å². The number of ether oxygens (including phenoxy) is 3. The number of carbonyl (C=O) groups excluding carboxylic acids is 4. The predicted octanol–water partition coefficient (Wildman–Crippen LogP) is 6.65. The molecule has 3 aromatic carbocycles. The molecule has 5 N–H and O–H groups in total. The summed E-state index contributed by atoms with van der Waals surface area (Å²) in [5.41, 5.74) is 4.84. The minimum atomic E-state index is -1.55. The van der Waals surface area contributed by atoms with E-state index in [1.807, 2.05) is 50.8 Å². The van der Waals surface area contributed by atoms with Crippen LogP contribution in [0.15, 0.2) is 48.7 Å². The molecular formula is C45H54N8O8. The molecule has 8 rings (SSSR count). The van der Waals surface area contributed by atoms with Crippen molar-refractivity contribution >= 4 is 45.8 Å². The van der Waals surface area contributed by atoms with E-state index in [1.54, 1.807) is 11.1 Å². The van der Waals surface area contributed by atoms with Crippen molar-refractivity contribution in [3.8, 4) is 28.1 Å². The molecule has 61 heavy (non-hydrogen) atoms. The number of nitrogens with one attached hydrogen (secondary N) is 4. The van der Waals surface area contributed by atoms with Crippen LogP contribution in [0.4, 0.5) is 9.59 Å². The van der Waals surface area contributed by atoms with Crippen molar-refractivity contribution in [3.05, 3.63) is 65.9 Å².